The van der Waals surface area contributed by atoms with Crippen molar-refractivity contribution in [2.45, 2.75) is 90.5 Å². The number of rotatable bonds is 10. The molecule has 0 aromatic carbocycles. The molecular weight excluding hydrogens is 206 g/mol. The minimum atomic E-state index is 0.842. The Hall–Kier alpha value is -0.0400. The lowest BCUT2D eigenvalue weighted by molar-refractivity contribution is 0.442. The molecule has 1 aliphatic carbocycles. The van der Waals surface area contributed by atoms with E-state index in [0.717, 1.165) is 18.5 Å². The van der Waals surface area contributed by atoms with Crippen molar-refractivity contribution < 1.29 is 0 Å². The summed E-state index contributed by atoms with van der Waals surface area (Å²) >= 11 is 0. The maximum atomic E-state index is 3.60. The molecule has 2 atom stereocenters. The van der Waals surface area contributed by atoms with Crippen LogP contribution in [0.15, 0.2) is 0 Å². The molecule has 1 aliphatic rings. The third-order valence-corrected chi connectivity index (χ3v) is 4.25. The predicted molar refractivity (Wildman–Crippen MR) is 77.4 cm³/mol. The molecule has 0 bridgehead atoms. The first-order valence-electron chi connectivity index (χ1n) is 8.10. The fourth-order valence-corrected chi connectivity index (χ4v) is 3.20. The van der Waals surface area contributed by atoms with E-state index in [1.807, 2.05) is 0 Å². The van der Waals surface area contributed by atoms with Gasteiger partial charge in [0.15, 0.2) is 0 Å². The summed E-state index contributed by atoms with van der Waals surface area (Å²) in [4.78, 5) is 0. The third kappa shape index (κ3) is 7.08. The molecule has 0 aliphatic heterocycles. The molecule has 17 heavy (non-hydrogen) atoms. The second-order valence-electron chi connectivity index (χ2n) is 5.84. The summed E-state index contributed by atoms with van der Waals surface area (Å²) in [6.45, 7) is 5.67. The van der Waals surface area contributed by atoms with E-state index in [2.05, 4.69) is 19.2 Å². The molecule has 0 radical (unpaired) electrons. The summed E-state index contributed by atoms with van der Waals surface area (Å²) in [5.74, 6) is 1.04. The average Bonchev–Trinajstić information content (AvgIpc) is 2.76. The number of hydrogen-bond acceptors (Lipinski definition) is 1. The molecule has 0 spiro atoms. The molecule has 0 aromatic rings. The quantitative estimate of drug-likeness (QED) is 0.534. The molecule has 1 N–H and O–H groups in total. The van der Waals surface area contributed by atoms with Crippen LogP contribution in [0.25, 0.3) is 0 Å². The third-order valence-electron chi connectivity index (χ3n) is 4.25. The molecular formula is C16H33N. The van der Waals surface area contributed by atoms with Crippen LogP contribution in [0.1, 0.15) is 84.5 Å². The topological polar surface area (TPSA) is 12.0 Å². The molecule has 102 valence electrons. The van der Waals surface area contributed by atoms with Gasteiger partial charge in [0.05, 0.1) is 0 Å². The first-order valence-corrected chi connectivity index (χ1v) is 8.10. The highest BCUT2D eigenvalue weighted by Gasteiger charge is 2.22. The maximum absolute atomic E-state index is 3.60. The van der Waals surface area contributed by atoms with Gasteiger partial charge in [-0.15, -0.1) is 0 Å². The minimum Gasteiger partial charge on any atom is -0.314 e. The monoisotopic (exact) mass is 239 g/mol. The second kappa shape index (κ2) is 9.94. The van der Waals surface area contributed by atoms with Crippen molar-refractivity contribution in [1.29, 1.82) is 0 Å². The first kappa shape index (κ1) is 15.0. The zero-order chi connectivity index (χ0) is 12.3. The van der Waals surface area contributed by atoms with Crippen LogP contribution in [0.2, 0.25) is 0 Å². The largest absolute Gasteiger partial charge is 0.314 e. The van der Waals surface area contributed by atoms with Gasteiger partial charge in [0.1, 0.15) is 0 Å². The summed E-state index contributed by atoms with van der Waals surface area (Å²) in [6, 6.07) is 0.842. The van der Waals surface area contributed by atoms with Crippen molar-refractivity contribution in [3.63, 3.8) is 0 Å². The van der Waals surface area contributed by atoms with E-state index in [1.165, 1.54) is 70.6 Å². The van der Waals surface area contributed by atoms with Crippen LogP contribution in [0.5, 0.6) is 0 Å². The summed E-state index contributed by atoms with van der Waals surface area (Å²) in [6.07, 6.45) is 16.0. The van der Waals surface area contributed by atoms with Crippen molar-refractivity contribution in [1.82, 2.24) is 5.32 Å². The summed E-state index contributed by atoms with van der Waals surface area (Å²) in [5, 5.41) is 3.60. The van der Waals surface area contributed by atoms with Crippen LogP contribution < -0.4 is 5.32 Å². The zero-order valence-electron chi connectivity index (χ0n) is 12.1. The van der Waals surface area contributed by atoms with Gasteiger partial charge in [-0.05, 0) is 31.7 Å². The lowest BCUT2D eigenvalue weighted by Gasteiger charge is -2.11. The Balaban J connectivity index is 1.87. The fourth-order valence-electron chi connectivity index (χ4n) is 3.20. The highest BCUT2D eigenvalue weighted by molar-refractivity contribution is 4.80. The van der Waals surface area contributed by atoms with Crippen LogP contribution in [0, 0.1) is 5.92 Å². The van der Waals surface area contributed by atoms with Crippen molar-refractivity contribution in [3.05, 3.63) is 0 Å². The van der Waals surface area contributed by atoms with E-state index < -0.39 is 0 Å². The summed E-state index contributed by atoms with van der Waals surface area (Å²) in [5.41, 5.74) is 0. The maximum Gasteiger partial charge on any atom is 0.00696 e. The smallest absolute Gasteiger partial charge is 0.00696 e. The van der Waals surface area contributed by atoms with Crippen molar-refractivity contribution in [3.8, 4) is 0 Å². The summed E-state index contributed by atoms with van der Waals surface area (Å²) < 4.78 is 0. The Morgan fingerprint density at radius 3 is 2.29 bits per heavy atom. The standard InChI is InChI=1S/C16H33N/c1-3-5-6-7-8-9-10-11-15-12-13-16(14-15)17-4-2/h15-17H,3-14H2,1-2H3. The van der Waals surface area contributed by atoms with Gasteiger partial charge in [-0.2, -0.15) is 0 Å². The van der Waals surface area contributed by atoms with E-state index in [-0.39, 0.29) is 0 Å². The second-order valence-corrected chi connectivity index (χ2v) is 5.84. The molecule has 2 unspecified atom stereocenters. The average molecular weight is 239 g/mol. The Labute approximate surface area is 109 Å². The molecule has 1 rings (SSSR count). The van der Waals surface area contributed by atoms with E-state index in [9.17, 15) is 0 Å². The van der Waals surface area contributed by atoms with Crippen molar-refractivity contribution >= 4 is 0 Å². The Morgan fingerprint density at radius 1 is 0.882 bits per heavy atom. The molecule has 1 fully saturated rings. The van der Waals surface area contributed by atoms with Crippen molar-refractivity contribution in [2.75, 3.05) is 6.54 Å². The van der Waals surface area contributed by atoms with Crippen LogP contribution in [-0.2, 0) is 0 Å². The number of hydrogen-bond donors (Lipinski definition) is 1. The Morgan fingerprint density at radius 2 is 1.59 bits per heavy atom. The van der Waals surface area contributed by atoms with Gasteiger partial charge in [-0.25, -0.2) is 0 Å². The van der Waals surface area contributed by atoms with Gasteiger partial charge < -0.3 is 5.32 Å². The molecule has 0 amide bonds. The van der Waals surface area contributed by atoms with Crippen molar-refractivity contribution in [2.24, 2.45) is 5.92 Å². The van der Waals surface area contributed by atoms with Gasteiger partial charge >= 0.3 is 0 Å². The van der Waals surface area contributed by atoms with Gasteiger partial charge in [0.25, 0.3) is 0 Å². The molecule has 0 saturated heterocycles. The summed E-state index contributed by atoms with van der Waals surface area (Å²) in [7, 11) is 0. The van der Waals surface area contributed by atoms with Crippen LogP contribution in [0.4, 0.5) is 0 Å². The van der Waals surface area contributed by atoms with Crippen LogP contribution in [-0.4, -0.2) is 12.6 Å². The molecule has 0 aromatic heterocycles. The highest BCUT2D eigenvalue weighted by Crippen LogP contribution is 2.29. The first-order chi connectivity index (χ1) is 8.36. The molecule has 1 nitrogen and oxygen atoms in total. The van der Waals surface area contributed by atoms with E-state index in [1.54, 1.807) is 0 Å². The molecule has 1 heteroatoms. The van der Waals surface area contributed by atoms with E-state index in [4.69, 9.17) is 0 Å². The lowest BCUT2D eigenvalue weighted by Crippen LogP contribution is -2.25. The Bertz CT molecular complexity index is 167. The van der Waals surface area contributed by atoms with E-state index >= 15 is 0 Å². The number of nitrogens with one attached hydrogen (secondary N) is 1. The number of unbranched alkanes of at least 4 members (excludes halogenated alkanes) is 6. The van der Waals surface area contributed by atoms with Crippen LogP contribution >= 0.6 is 0 Å². The normalized spacial score (nSPS) is 24.4. The SMILES string of the molecule is CCCCCCCCCC1CCC(NCC)C1. The minimum absolute atomic E-state index is 0.842. The molecule has 0 heterocycles. The molecule has 1 saturated carbocycles. The zero-order valence-corrected chi connectivity index (χ0v) is 12.1. The fraction of sp³-hybridized carbons (Fsp3) is 1.00. The van der Waals surface area contributed by atoms with Gasteiger partial charge in [-0.1, -0.05) is 65.2 Å². The van der Waals surface area contributed by atoms with Gasteiger partial charge in [0.2, 0.25) is 0 Å². The van der Waals surface area contributed by atoms with E-state index in [0.29, 0.717) is 0 Å². The van der Waals surface area contributed by atoms with Gasteiger partial charge in [-0.3, -0.25) is 0 Å². The van der Waals surface area contributed by atoms with Gasteiger partial charge in [0, 0.05) is 6.04 Å². The lowest BCUT2D eigenvalue weighted by atomic mass is 9.98. The Kier molecular flexibility index (Phi) is 8.78. The van der Waals surface area contributed by atoms with Crippen LogP contribution in [0.3, 0.4) is 0 Å². The predicted octanol–water partition coefficient (Wildman–Crippen LogP) is 4.91. The highest BCUT2D eigenvalue weighted by atomic mass is 14.9.